The molecule has 0 aliphatic carbocycles. The molecule has 0 spiro atoms. The zero-order valence-corrected chi connectivity index (χ0v) is 15.0. The zero-order chi connectivity index (χ0) is 17.1. The van der Waals surface area contributed by atoms with Crippen molar-refractivity contribution in [2.24, 2.45) is 0 Å². The molecule has 7 heteroatoms. The molecule has 1 aromatic heterocycles. The summed E-state index contributed by atoms with van der Waals surface area (Å²) in [6, 6.07) is 2.11. The van der Waals surface area contributed by atoms with Gasteiger partial charge in [0.25, 0.3) is 0 Å². The molecular weight excluding hydrogens is 304 g/mol. The van der Waals surface area contributed by atoms with E-state index in [0.29, 0.717) is 6.42 Å². The summed E-state index contributed by atoms with van der Waals surface area (Å²) in [5.74, 6) is 3.07. The van der Waals surface area contributed by atoms with Crippen molar-refractivity contribution in [2.75, 3.05) is 69.2 Å². The molecule has 2 fully saturated rings. The Hall–Kier alpha value is -1.89. The van der Waals surface area contributed by atoms with Crippen molar-refractivity contribution in [3.05, 3.63) is 11.9 Å². The van der Waals surface area contributed by atoms with Gasteiger partial charge in [0.05, 0.1) is 0 Å². The zero-order valence-electron chi connectivity index (χ0n) is 15.0. The average Bonchev–Trinajstić information content (AvgIpc) is 2.61. The van der Waals surface area contributed by atoms with Gasteiger partial charge in [-0.25, -0.2) is 9.97 Å². The third-order valence-electron chi connectivity index (χ3n) is 4.90. The summed E-state index contributed by atoms with van der Waals surface area (Å²) in [5, 5.41) is 0. The lowest BCUT2D eigenvalue weighted by atomic mass is 10.2. The van der Waals surface area contributed by atoms with Gasteiger partial charge in [-0.1, -0.05) is 6.92 Å². The Bertz CT molecular complexity index is 576. The van der Waals surface area contributed by atoms with Gasteiger partial charge < -0.3 is 19.6 Å². The third kappa shape index (κ3) is 3.77. The molecule has 132 valence electrons. The molecule has 2 saturated heterocycles. The maximum Gasteiger partial charge on any atom is 0.222 e. The number of aromatic nitrogens is 2. The number of rotatable bonds is 3. The number of hydrogen-bond acceptors (Lipinski definition) is 6. The highest BCUT2D eigenvalue weighted by Gasteiger charge is 2.23. The van der Waals surface area contributed by atoms with Gasteiger partial charge in [-0.3, -0.25) is 4.79 Å². The van der Waals surface area contributed by atoms with Crippen LogP contribution in [-0.2, 0) is 4.79 Å². The Morgan fingerprint density at radius 2 is 1.46 bits per heavy atom. The second-order valence-electron chi connectivity index (χ2n) is 6.64. The fourth-order valence-electron chi connectivity index (χ4n) is 3.30. The summed E-state index contributed by atoms with van der Waals surface area (Å²) in [6.45, 7) is 11.3. The summed E-state index contributed by atoms with van der Waals surface area (Å²) in [6.07, 6.45) is 0.584. The van der Waals surface area contributed by atoms with Gasteiger partial charge in [0, 0.05) is 64.8 Å². The van der Waals surface area contributed by atoms with Gasteiger partial charge in [-0.15, -0.1) is 0 Å². The van der Waals surface area contributed by atoms with Gasteiger partial charge in [0.15, 0.2) is 0 Å². The van der Waals surface area contributed by atoms with E-state index in [1.807, 2.05) is 18.7 Å². The molecule has 0 bridgehead atoms. The fourth-order valence-corrected chi connectivity index (χ4v) is 3.30. The fraction of sp³-hybridized carbons (Fsp3) is 0.706. The van der Waals surface area contributed by atoms with E-state index in [2.05, 4.69) is 37.8 Å². The van der Waals surface area contributed by atoms with Crippen LogP contribution in [0.15, 0.2) is 6.07 Å². The minimum Gasteiger partial charge on any atom is -0.354 e. The van der Waals surface area contributed by atoms with Crippen molar-refractivity contribution in [3.8, 4) is 0 Å². The van der Waals surface area contributed by atoms with Crippen molar-refractivity contribution >= 4 is 17.5 Å². The van der Waals surface area contributed by atoms with Crippen LogP contribution in [0.25, 0.3) is 0 Å². The molecule has 0 saturated carbocycles. The summed E-state index contributed by atoms with van der Waals surface area (Å²) in [4.78, 5) is 30.0. The maximum absolute atomic E-state index is 11.8. The first-order valence-corrected chi connectivity index (χ1v) is 8.88. The number of carbonyl (C=O) groups is 1. The normalized spacial score (nSPS) is 19.7. The van der Waals surface area contributed by atoms with Crippen LogP contribution in [0.5, 0.6) is 0 Å². The van der Waals surface area contributed by atoms with Crippen LogP contribution in [-0.4, -0.2) is 85.1 Å². The van der Waals surface area contributed by atoms with Gasteiger partial charge in [-0.05, 0) is 14.0 Å². The van der Waals surface area contributed by atoms with Gasteiger partial charge >= 0.3 is 0 Å². The highest BCUT2D eigenvalue weighted by Crippen LogP contribution is 2.21. The quantitative estimate of drug-likeness (QED) is 0.808. The Balaban J connectivity index is 1.69. The maximum atomic E-state index is 11.8. The number of nitrogens with zero attached hydrogens (tertiary/aromatic N) is 6. The van der Waals surface area contributed by atoms with E-state index in [0.717, 1.165) is 69.8 Å². The molecule has 24 heavy (non-hydrogen) atoms. The Kier molecular flexibility index (Phi) is 5.18. The molecule has 1 aromatic rings. The molecule has 3 rings (SSSR count). The van der Waals surface area contributed by atoms with Crippen molar-refractivity contribution in [1.29, 1.82) is 0 Å². The molecule has 0 N–H and O–H groups in total. The summed E-state index contributed by atoms with van der Waals surface area (Å²) in [5.41, 5.74) is 0. The topological polar surface area (TPSA) is 55.8 Å². The van der Waals surface area contributed by atoms with Crippen LogP contribution in [0.2, 0.25) is 0 Å². The summed E-state index contributed by atoms with van der Waals surface area (Å²) >= 11 is 0. The molecule has 0 unspecified atom stereocenters. The molecule has 7 nitrogen and oxygen atoms in total. The van der Waals surface area contributed by atoms with E-state index in [4.69, 9.17) is 0 Å². The van der Waals surface area contributed by atoms with Crippen molar-refractivity contribution < 1.29 is 4.79 Å². The van der Waals surface area contributed by atoms with E-state index in [9.17, 15) is 4.79 Å². The largest absolute Gasteiger partial charge is 0.354 e. The van der Waals surface area contributed by atoms with E-state index in [1.165, 1.54) is 0 Å². The van der Waals surface area contributed by atoms with Gasteiger partial charge in [-0.2, -0.15) is 0 Å². The third-order valence-corrected chi connectivity index (χ3v) is 4.90. The predicted molar refractivity (Wildman–Crippen MR) is 95.6 cm³/mol. The number of amides is 1. The smallest absolute Gasteiger partial charge is 0.222 e. The van der Waals surface area contributed by atoms with Crippen LogP contribution in [0.4, 0.5) is 11.6 Å². The minimum absolute atomic E-state index is 0.242. The molecule has 0 aromatic carbocycles. The highest BCUT2D eigenvalue weighted by molar-refractivity contribution is 5.76. The monoisotopic (exact) mass is 332 g/mol. The van der Waals surface area contributed by atoms with E-state index in [-0.39, 0.29) is 5.91 Å². The van der Waals surface area contributed by atoms with Crippen LogP contribution >= 0.6 is 0 Å². The number of anilines is 2. The first kappa shape index (κ1) is 17.0. The lowest BCUT2D eigenvalue weighted by Gasteiger charge is -2.36. The SMILES string of the molecule is CCC(=O)N1CCN(c2cc(N3CCN(C)CC3)nc(C)n2)CC1. The number of carbonyl (C=O) groups excluding carboxylic acids is 1. The van der Waals surface area contributed by atoms with Crippen LogP contribution in [0.3, 0.4) is 0 Å². The summed E-state index contributed by atoms with van der Waals surface area (Å²) < 4.78 is 0. The van der Waals surface area contributed by atoms with Gasteiger partial charge in [0.1, 0.15) is 17.5 Å². The van der Waals surface area contributed by atoms with Crippen LogP contribution in [0.1, 0.15) is 19.2 Å². The molecular formula is C17H28N6O. The lowest BCUT2D eigenvalue weighted by molar-refractivity contribution is -0.131. The predicted octanol–water partition coefficient (Wildman–Crippen LogP) is 0.595. The first-order valence-electron chi connectivity index (χ1n) is 8.88. The molecule has 2 aliphatic heterocycles. The molecule has 2 aliphatic rings. The second-order valence-corrected chi connectivity index (χ2v) is 6.64. The van der Waals surface area contributed by atoms with Gasteiger partial charge in [0.2, 0.25) is 5.91 Å². The Labute approximate surface area is 144 Å². The van der Waals surface area contributed by atoms with Crippen LogP contribution < -0.4 is 9.80 Å². The number of aryl methyl sites for hydroxylation is 1. The van der Waals surface area contributed by atoms with E-state index >= 15 is 0 Å². The first-order chi connectivity index (χ1) is 11.6. The van der Waals surface area contributed by atoms with Crippen molar-refractivity contribution in [1.82, 2.24) is 19.8 Å². The second kappa shape index (κ2) is 7.34. The summed E-state index contributed by atoms with van der Waals surface area (Å²) in [7, 11) is 2.16. The highest BCUT2D eigenvalue weighted by atomic mass is 16.2. The van der Waals surface area contributed by atoms with E-state index < -0.39 is 0 Å². The average molecular weight is 332 g/mol. The minimum atomic E-state index is 0.242. The van der Waals surface area contributed by atoms with E-state index in [1.54, 1.807) is 0 Å². The lowest BCUT2D eigenvalue weighted by Crippen LogP contribution is -2.49. The number of likely N-dealkylation sites (N-methyl/N-ethyl adjacent to an activating group) is 1. The number of piperazine rings is 2. The standard InChI is InChI=1S/C17H28N6O/c1-4-17(24)23-11-9-22(10-12-23)16-13-15(18-14(2)19-16)21-7-5-20(3)6-8-21/h13H,4-12H2,1-3H3. The molecule has 0 radical (unpaired) electrons. The van der Waals surface area contributed by atoms with Crippen molar-refractivity contribution in [3.63, 3.8) is 0 Å². The van der Waals surface area contributed by atoms with Crippen molar-refractivity contribution in [2.45, 2.75) is 20.3 Å². The van der Waals surface area contributed by atoms with Crippen LogP contribution in [0, 0.1) is 6.92 Å². The Morgan fingerprint density at radius 1 is 0.958 bits per heavy atom. The molecule has 0 atom stereocenters. The number of hydrogen-bond donors (Lipinski definition) is 0. The molecule has 3 heterocycles. The Morgan fingerprint density at radius 3 is 1.96 bits per heavy atom. The molecule has 1 amide bonds.